The third-order valence-corrected chi connectivity index (χ3v) is 7.48. The van der Waals surface area contributed by atoms with Gasteiger partial charge in [0.1, 0.15) is 5.75 Å². The molecule has 136 valence electrons. The number of piperazine rings is 1. The second-order valence-corrected chi connectivity index (χ2v) is 9.44. The number of methoxy groups -OCH3 is 1. The SMILES string of the molecule is COc1ccc(N2C(=O)CN(C3CCCC3)C3CS(=O)(=O)CC32)cc1. The molecule has 0 bridgehead atoms. The maximum Gasteiger partial charge on any atom is 0.241 e. The fourth-order valence-electron chi connectivity index (χ4n) is 4.62. The van der Waals surface area contributed by atoms with Crippen LogP contribution in [0.4, 0.5) is 5.69 Å². The van der Waals surface area contributed by atoms with E-state index in [1.807, 2.05) is 24.3 Å². The van der Waals surface area contributed by atoms with E-state index in [1.54, 1.807) is 12.0 Å². The lowest BCUT2D eigenvalue weighted by Gasteiger charge is -2.46. The molecule has 1 aromatic carbocycles. The number of anilines is 1. The minimum absolute atomic E-state index is 0.00424. The smallest absolute Gasteiger partial charge is 0.241 e. The molecule has 1 amide bonds. The van der Waals surface area contributed by atoms with Gasteiger partial charge in [-0.2, -0.15) is 0 Å². The van der Waals surface area contributed by atoms with Gasteiger partial charge in [0.25, 0.3) is 0 Å². The summed E-state index contributed by atoms with van der Waals surface area (Å²) in [6.45, 7) is 0.313. The predicted molar refractivity (Wildman–Crippen MR) is 95.7 cm³/mol. The first kappa shape index (κ1) is 16.8. The Balaban J connectivity index is 1.67. The van der Waals surface area contributed by atoms with Crippen molar-refractivity contribution >= 4 is 21.4 Å². The number of ether oxygens (including phenoxy) is 1. The van der Waals surface area contributed by atoms with E-state index in [9.17, 15) is 13.2 Å². The Kier molecular flexibility index (Phi) is 4.24. The molecule has 0 radical (unpaired) electrons. The summed E-state index contributed by atoms with van der Waals surface area (Å²) in [7, 11) is -1.53. The van der Waals surface area contributed by atoms with Crippen LogP contribution in [0, 0.1) is 0 Å². The number of hydrogen-bond donors (Lipinski definition) is 0. The van der Waals surface area contributed by atoms with Crippen LogP contribution in [-0.4, -0.2) is 62.5 Å². The average Bonchev–Trinajstić information content (AvgIpc) is 3.21. The van der Waals surface area contributed by atoms with Crippen molar-refractivity contribution in [3.05, 3.63) is 24.3 Å². The van der Waals surface area contributed by atoms with Crippen molar-refractivity contribution in [2.24, 2.45) is 0 Å². The molecular formula is C18H24N2O4S. The topological polar surface area (TPSA) is 66.9 Å². The highest BCUT2D eigenvalue weighted by atomic mass is 32.2. The van der Waals surface area contributed by atoms with Gasteiger partial charge in [0, 0.05) is 17.8 Å². The Hall–Kier alpha value is -1.60. The fourth-order valence-corrected chi connectivity index (χ4v) is 6.58. The number of amides is 1. The number of carbonyl (C=O) groups excluding carboxylic acids is 1. The first-order valence-electron chi connectivity index (χ1n) is 8.91. The van der Waals surface area contributed by atoms with Crippen LogP contribution in [0.5, 0.6) is 5.75 Å². The highest BCUT2D eigenvalue weighted by Gasteiger charge is 2.51. The van der Waals surface area contributed by atoms with Crippen molar-refractivity contribution in [3.8, 4) is 5.75 Å². The Morgan fingerprint density at radius 2 is 1.68 bits per heavy atom. The molecule has 2 unspecified atom stereocenters. The van der Waals surface area contributed by atoms with Gasteiger partial charge in [-0.3, -0.25) is 9.69 Å². The van der Waals surface area contributed by atoms with Crippen LogP contribution >= 0.6 is 0 Å². The Morgan fingerprint density at radius 1 is 1.04 bits per heavy atom. The van der Waals surface area contributed by atoms with Crippen molar-refractivity contribution in [1.29, 1.82) is 0 Å². The molecule has 1 saturated carbocycles. The molecule has 2 atom stereocenters. The molecule has 25 heavy (non-hydrogen) atoms. The van der Waals surface area contributed by atoms with Gasteiger partial charge in [0.05, 0.1) is 31.2 Å². The summed E-state index contributed by atoms with van der Waals surface area (Å²) in [5, 5.41) is 0. The average molecular weight is 364 g/mol. The Morgan fingerprint density at radius 3 is 2.32 bits per heavy atom. The highest BCUT2D eigenvalue weighted by Crippen LogP contribution is 2.36. The maximum absolute atomic E-state index is 12.9. The van der Waals surface area contributed by atoms with Crippen LogP contribution in [0.1, 0.15) is 25.7 Å². The van der Waals surface area contributed by atoms with Crippen LogP contribution in [0.3, 0.4) is 0 Å². The predicted octanol–water partition coefficient (Wildman–Crippen LogP) is 1.45. The van der Waals surface area contributed by atoms with Crippen LogP contribution in [-0.2, 0) is 14.6 Å². The summed E-state index contributed by atoms with van der Waals surface area (Å²) in [6, 6.07) is 7.26. The molecule has 4 rings (SSSR count). The third-order valence-electron chi connectivity index (χ3n) is 5.78. The van der Waals surface area contributed by atoms with Gasteiger partial charge in [-0.1, -0.05) is 12.8 Å². The lowest BCUT2D eigenvalue weighted by Crippen LogP contribution is -2.64. The minimum Gasteiger partial charge on any atom is -0.497 e. The molecule has 7 heteroatoms. The van der Waals surface area contributed by atoms with Gasteiger partial charge in [0.15, 0.2) is 9.84 Å². The monoisotopic (exact) mass is 364 g/mol. The molecule has 0 spiro atoms. The molecule has 1 aromatic rings. The lowest BCUT2D eigenvalue weighted by molar-refractivity contribution is -0.124. The van der Waals surface area contributed by atoms with Crippen molar-refractivity contribution in [1.82, 2.24) is 4.90 Å². The van der Waals surface area contributed by atoms with E-state index in [0.29, 0.717) is 12.6 Å². The van der Waals surface area contributed by atoms with E-state index in [0.717, 1.165) is 24.3 Å². The molecule has 6 nitrogen and oxygen atoms in total. The molecule has 0 aromatic heterocycles. The fraction of sp³-hybridized carbons (Fsp3) is 0.611. The number of nitrogens with zero attached hydrogens (tertiary/aromatic N) is 2. The van der Waals surface area contributed by atoms with Crippen molar-refractivity contribution < 1.29 is 17.9 Å². The lowest BCUT2D eigenvalue weighted by atomic mass is 10.00. The number of sulfone groups is 1. The van der Waals surface area contributed by atoms with Crippen molar-refractivity contribution in [3.63, 3.8) is 0 Å². The molecule has 2 heterocycles. The van der Waals surface area contributed by atoms with E-state index in [2.05, 4.69) is 4.90 Å². The van der Waals surface area contributed by atoms with E-state index in [4.69, 9.17) is 4.74 Å². The summed E-state index contributed by atoms with van der Waals surface area (Å²) in [5.41, 5.74) is 0.754. The van der Waals surface area contributed by atoms with Crippen LogP contribution in [0.15, 0.2) is 24.3 Å². The number of hydrogen-bond acceptors (Lipinski definition) is 5. The van der Waals surface area contributed by atoms with Gasteiger partial charge in [-0.25, -0.2) is 8.42 Å². The Labute approximate surface area is 148 Å². The molecular weight excluding hydrogens is 340 g/mol. The standard InChI is InChI=1S/C18H24N2O4S/c1-24-15-8-6-14(7-9-15)20-17-12-25(22,23)11-16(17)19(10-18(20)21)13-4-2-3-5-13/h6-9,13,16-17H,2-5,10-12H2,1H3. The summed E-state index contributed by atoms with van der Waals surface area (Å²) >= 11 is 0. The largest absolute Gasteiger partial charge is 0.497 e. The normalized spacial score (nSPS) is 29.8. The summed E-state index contributed by atoms with van der Waals surface area (Å²) in [5.74, 6) is 0.930. The molecule has 3 aliphatic rings. The second kappa shape index (κ2) is 6.29. The molecule has 0 N–H and O–H groups in total. The molecule has 3 fully saturated rings. The van der Waals surface area contributed by atoms with Crippen molar-refractivity contribution in [2.75, 3.05) is 30.1 Å². The molecule has 1 aliphatic carbocycles. The van der Waals surface area contributed by atoms with Gasteiger partial charge < -0.3 is 9.64 Å². The molecule has 2 saturated heterocycles. The van der Waals surface area contributed by atoms with Crippen LogP contribution in [0.2, 0.25) is 0 Å². The minimum atomic E-state index is -3.13. The van der Waals surface area contributed by atoms with Gasteiger partial charge in [-0.15, -0.1) is 0 Å². The summed E-state index contributed by atoms with van der Waals surface area (Å²) < 4.78 is 29.9. The summed E-state index contributed by atoms with van der Waals surface area (Å²) in [6.07, 6.45) is 4.47. The van der Waals surface area contributed by atoms with E-state index < -0.39 is 9.84 Å². The second-order valence-electron chi connectivity index (χ2n) is 7.28. The number of carbonyl (C=O) groups is 1. The zero-order valence-corrected chi connectivity index (χ0v) is 15.2. The van der Waals surface area contributed by atoms with Gasteiger partial charge in [-0.05, 0) is 37.1 Å². The zero-order valence-electron chi connectivity index (χ0n) is 14.4. The first-order chi connectivity index (χ1) is 12.0. The maximum atomic E-state index is 12.9. The summed E-state index contributed by atoms with van der Waals surface area (Å²) in [4.78, 5) is 16.8. The Bertz CT molecular complexity index is 756. The number of benzene rings is 1. The van der Waals surface area contributed by atoms with E-state index in [-0.39, 0.29) is 29.5 Å². The van der Waals surface area contributed by atoms with Gasteiger partial charge >= 0.3 is 0 Å². The quantitative estimate of drug-likeness (QED) is 0.812. The number of fused-ring (bicyclic) bond motifs is 1. The van der Waals surface area contributed by atoms with Crippen LogP contribution in [0.25, 0.3) is 0 Å². The third kappa shape index (κ3) is 3.04. The van der Waals surface area contributed by atoms with Crippen LogP contribution < -0.4 is 9.64 Å². The first-order valence-corrected chi connectivity index (χ1v) is 10.7. The number of rotatable bonds is 3. The van der Waals surface area contributed by atoms with E-state index in [1.165, 1.54) is 12.8 Å². The zero-order chi connectivity index (χ0) is 17.6. The van der Waals surface area contributed by atoms with Gasteiger partial charge in [0.2, 0.25) is 5.91 Å². The molecule has 2 aliphatic heterocycles. The van der Waals surface area contributed by atoms with E-state index >= 15 is 0 Å². The van der Waals surface area contributed by atoms with Crippen molar-refractivity contribution in [2.45, 2.75) is 43.8 Å². The highest BCUT2D eigenvalue weighted by molar-refractivity contribution is 7.91.